The van der Waals surface area contributed by atoms with Crippen LogP contribution in [0.15, 0.2) is 53.5 Å². The molecule has 0 aliphatic heterocycles. The highest BCUT2D eigenvalue weighted by Crippen LogP contribution is 2.17. The molecule has 0 saturated heterocycles. The molecule has 2 aromatic rings. The Bertz CT molecular complexity index is 580. The maximum absolute atomic E-state index is 8.91. The summed E-state index contributed by atoms with van der Waals surface area (Å²) in [5, 5.41) is 9.60. The van der Waals surface area contributed by atoms with Gasteiger partial charge < -0.3 is 0 Å². The third kappa shape index (κ3) is 2.93. The predicted molar refractivity (Wildman–Crippen MR) is 69.9 cm³/mol. The Morgan fingerprint density at radius 2 is 1.76 bits per heavy atom. The van der Waals surface area contributed by atoms with Crippen LogP contribution in [0.3, 0.4) is 0 Å². The minimum Gasteiger partial charge on any atom is -0.255 e. The minimum atomic E-state index is 0.567. The van der Waals surface area contributed by atoms with Gasteiger partial charge in [-0.1, -0.05) is 35.9 Å². The minimum absolute atomic E-state index is 0.567. The van der Waals surface area contributed by atoms with Gasteiger partial charge in [0.2, 0.25) is 0 Å². The zero-order valence-electron chi connectivity index (χ0n) is 8.97. The van der Waals surface area contributed by atoms with Gasteiger partial charge in [-0.2, -0.15) is 5.26 Å². The summed E-state index contributed by atoms with van der Waals surface area (Å²) in [5.41, 5.74) is 2.19. The van der Waals surface area contributed by atoms with Crippen LogP contribution < -0.4 is 0 Å². The van der Waals surface area contributed by atoms with Crippen molar-refractivity contribution in [1.82, 2.24) is 0 Å². The standard InChI is InChI=1S/C14H9ClN2/c15-13-7-5-11(6-8-13)10-17-14-4-2-1-3-12(14)9-16/h1-8,10H. The van der Waals surface area contributed by atoms with E-state index in [1.165, 1.54) is 0 Å². The molecule has 82 valence electrons. The molecule has 2 rings (SSSR count). The van der Waals surface area contributed by atoms with Crippen molar-refractivity contribution in [2.75, 3.05) is 0 Å². The average Bonchev–Trinajstić information content (AvgIpc) is 2.38. The fraction of sp³-hybridized carbons (Fsp3) is 0. The molecule has 0 radical (unpaired) electrons. The fourth-order valence-electron chi connectivity index (χ4n) is 1.37. The molecule has 0 atom stereocenters. The van der Waals surface area contributed by atoms with Crippen molar-refractivity contribution in [1.29, 1.82) is 5.26 Å². The first-order valence-corrected chi connectivity index (χ1v) is 5.46. The van der Waals surface area contributed by atoms with E-state index in [4.69, 9.17) is 16.9 Å². The normalized spacial score (nSPS) is 10.4. The Morgan fingerprint density at radius 3 is 2.47 bits per heavy atom. The molecular weight excluding hydrogens is 232 g/mol. The number of nitrogens with zero attached hydrogens (tertiary/aromatic N) is 2. The van der Waals surface area contributed by atoms with E-state index in [0.717, 1.165) is 5.56 Å². The molecule has 0 aliphatic carbocycles. The second kappa shape index (κ2) is 5.29. The lowest BCUT2D eigenvalue weighted by atomic mass is 10.2. The van der Waals surface area contributed by atoms with Gasteiger partial charge in [-0.15, -0.1) is 0 Å². The van der Waals surface area contributed by atoms with E-state index < -0.39 is 0 Å². The van der Waals surface area contributed by atoms with Gasteiger partial charge in [0.1, 0.15) is 6.07 Å². The summed E-state index contributed by atoms with van der Waals surface area (Å²) in [6, 6.07) is 16.7. The Hall–Kier alpha value is -2.11. The van der Waals surface area contributed by atoms with Crippen molar-refractivity contribution in [3.05, 3.63) is 64.7 Å². The van der Waals surface area contributed by atoms with Crippen LogP contribution in [0.1, 0.15) is 11.1 Å². The highest BCUT2D eigenvalue weighted by atomic mass is 35.5. The van der Waals surface area contributed by atoms with Crippen LogP contribution in [-0.2, 0) is 0 Å². The highest BCUT2D eigenvalue weighted by Gasteiger charge is 1.96. The van der Waals surface area contributed by atoms with E-state index in [1.807, 2.05) is 30.3 Å². The predicted octanol–water partition coefficient (Wildman–Crippen LogP) is 3.96. The second-order valence-electron chi connectivity index (χ2n) is 3.44. The quantitative estimate of drug-likeness (QED) is 0.732. The molecule has 0 N–H and O–H groups in total. The molecule has 0 aromatic heterocycles. The summed E-state index contributed by atoms with van der Waals surface area (Å²) in [6.07, 6.45) is 1.71. The fourth-order valence-corrected chi connectivity index (χ4v) is 1.50. The Balaban J connectivity index is 2.26. The van der Waals surface area contributed by atoms with Crippen LogP contribution in [0, 0.1) is 11.3 Å². The summed E-state index contributed by atoms with van der Waals surface area (Å²) < 4.78 is 0. The van der Waals surface area contributed by atoms with Gasteiger partial charge in [-0.25, -0.2) is 0 Å². The lowest BCUT2D eigenvalue weighted by Crippen LogP contribution is -1.80. The third-order valence-electron chi connectivity index (χ3n) is 2.25. The van der Waals surface area contributed by atoms with Crippen LogP contribution in [0.2, 0.25) is 5.02 Å². The highest BCUT2D eigenvalue weighted by molar-refractivity contribution is 6.30. The van der Waals surface area contributed by atoms with Gasteiger partial charge in [0.15, 0.2) is 0 Å². The summed E-state index contributed by atoms with van der Waals surface area (Å²) in [6.45, 7) is 0. The number of aliphatic imine (C=N–C) groups is 1. The summed E-state index contributed by atoms with van der Waals surface area (Å²) in [4.78, 5) is 4.29. The van der Waals surface area contributed by atoms with Crippen molar-refractivity contribution in [2.45, 2.75) is 0 Å². The maximum atomic E-state index is 8.91. The molecular formula is C14H9ClN2. The van der Waals surface area contributed by atoms with Crippen LogP contribution in [0.4, 0.5) is 5.69 Å². The molecule has 3 heteroatoms. The lowest BCUT2D eigenvalue weighted by Gasteiger charge is -1.96. The molecule has 0 heterocycles. The van der Waals surface area contributed by atoms with Gasteiger partial charge in [0.05, 0.1) is 11.3 Å². The zero-order valence-corrected chi connectivity index (χ0v) is 9.72. The molecule has 0 amide bonds. The summed E-state index contributed by atoms with van der Waals surface area (Å²) in [7, 11) is 0. The number of halogens is 1. The molecule has 0 spiro atoms. The molecule has 2 aromatic carbocycles. The zero-order chi connectivity index (χ0) is 12.1. The first-order valence-electron chi connectivity index (χ1n) is 5.08. The molecule has 17 heavy (non-hydrogen) atoms. The Labute approximate surface area is 105 Å². The maximum Gasteiger partial charge on any atom is 0.101 e. The first kappa shape index (κ1) is 11.4. The monoisotopic (exact) mass is 240 g/mol. The van der Waals surface area contributed by atoms with Gasteiger partial charge in [0, 0.05) is 11.2 Å². The molecule has 2 nitrogen and oxygen atoms in total. The number of benzene rings is 2. The molecule has 0 aliphatic rings. The SMILES string of the molecule is N#Cc1ccccc1N=Cc1ccc(Cl)cc1. The van der Waals surface area contributed by atoms with Crippen LogP contribution in [-0.4, -0.2) is 6.21 Å². The van der Waals surface area contributed by atoms with E-state index in [9.17, 15) is 0 Å². The van der Waals surface area contributed by atoms with E-state index >= 15 is 0 Å². The summed E-state index contributed by atoms with van der Waals surface area (Å²) >= 11 is 5.79. The van der Waals surface area contributed by atoms with E-state index in [1.54, 1.807) is 24.4 Å². The number of hydrogen-bond acceptors (Lipinski definition) is 2. The van der Waals surface area contributed by atoms with Crippen molar-refractivity contribution in [3.63, 3.8) is 0 Å². The van der Waals surface area contributed by atoms with Crippen molar-refractivity contribution in [3.8, 4) is 6.07 Å². The second-order valence-corrected chi connectivity index (χ2v) is 3.88. The first-order chi connectivity index (χ1) is 8.29. The Morgan fingerprint density at radius 1 is 1.06 bits per heavy atom. The third-order valence-corrected chi connectivity index (χ3v) is 2.50. The van der Waals surface area contributed by atoms with Gasteiger partial charge in [-0.05, 0) is 29.8 Å². The number of para-hydroxylation sites is 1. The Kier molecular flexibility index (Phi) is 3.54. The van der Waals surface area contributed by atoms with Crippen molar-refractivity contribution >= 4 is 23.5 Å². The molecule has 0 bridgehead atoms. The molecule has 0 unspecified atom stereocenters. The largest absolute Gasteiger partial charge is 0.255 e. The molecule has 0 fully saturated rings. The van der Waals surface area contributed by atoms with Gasteiger partial charge in [-0.3, -0.25) is 4.99 Å². The van der Waals surface area contributed by atoms with Crippen molar-refractivity contribution < 1.29 is 0 Å². The number of rotatable bonds is 2. The summed E-state index contributed by atoms with van der Waals surface area (Å²) in [5.74, 6) is 0. The van der Waals surface area contributed by atoms with Gasteiger partial charge >= 0.3 is 0 Å². The van der Waals surface area contributed by atoms with E-state index in [-0.39, 0.29) is 0 Å². The topological polar surface area (TPSA) is 36.1 Å². The van der Waals surface area contributed by atoms with E-state index in [0.29, 0.717) is 16.3 Å². The molecule has 0 saturated carbocycles. The van der Waals surface area contributed by atoms with E-state index in [2.05, 4.69) is 11.1 Å². The van der Waals surface area contributed by atoms with Crippen LogP contribution in [0.25, 0.3) is 0 Å². The lowest BCUT2D eigenvalue weighted by molar-refractivity contribution is 1.44. The smallest absolute Gasteiger partial charge is 0.101 e. The van der Waals surface area contributed by atoms with Gasteiger partial charge in [0.25, 0.3) is 0 Å². The van der Waals surface area contributed by atoms with Crippen LogP contribution in [0.5, 0.6) is 0 Å². The van der Waals surface area contributed by atoms with Crippen molar-refractivity contribution in [2.24, 2.45) is 4.99 Å². The average molecular weight is 241 g/mol. The van der Waals surface area contributed by atoms with Crippen LogP contribution >= 0.6 is 11.6 Å². The number of nitriles is 1. The number of hydrogen-bond donors (Lipinski definition) is 0.